The fraction of sp³-hybridized carbons (Fsp3) is 0.750. The molecule has 1 aromatic rings. The molecule has 2 amide bonds. The molecule has 1 aliphatic heterocycles. The first-order chi connectivity index (χ1) is 10.1. The minimum atomic E-state index is 0.0695. The van der Waals surface area contributed by atoms with Crippen molar-refractivity contribution >= 4 is 23.6 Å². The van der Waals surface area contributed by atoms with E-state index in [0.29, 0.717) is 43.1 Å². The van der Waals surface area contributed by atoms with Gasteiger partial charge in [-0.15, -0.1) is 5.10 Å². The monoisotopic (exact) mass is 310 g/mol. The van der Waals surface area contributed by atoms with E-state index in [2.05, 4.69) is 15.5 Å². The number of tetrazole rings is 1. The molecule has 0 aromatic carbocycles. The van der Waals surface area contributed by atoms with Crippen molar-refractivity contribution in [3.8, 4) is 0 Å². The number of nitrogens with zero attached hydrogens (tertiary/aromatic N) is 6. The summed E-state index contributed by atoms with van der Waals surface area (Å²) >= 11 is 1.39. The Kier molecular flexibility index (Phi) is 4.09. The Morgan fingerprint density at radius 2 is 1.86 bits per heavy atom. The highest BCUT2D eigenvalue weighted by Crippen LogP contribution is 2.36. The predicted octanol–water partition coefficient (Wildman–Crippen LogP) is -0.209. The molecule has 9 heteroatoms. The molecule has 3 rings (SSSR count). The lowest BCUT2D eigenvalue weighted by Crippen LogP contribution is -2.50. The van der Waals surface area contributed by atoms with E-state index >= 15 is 0 Å². The molecule has 21 heavy (non-hydrogen) atoms. The smallest absolute Gasteiger partial charge is 0.233 e. The zero-order valence-electron chi connectivity index (χ0n) is 11.9. The third kappa shape index (κ3) is 3.34. The van der Waals surface area contributed by atoms with Crippen LogP contribution in [0.15, 0.2) is 5.16 Å². The first kappa shape index (κ1) is 14.3. The molecule has 2 heterocycles. The molecule has 114 valence electrons. The maximum atomic E-state index is 12.2. The van der Waals surface area contributed by atoms with Gasteiger partial charge < -0.3 is 9.80 Å². The zero-order chi connectivity index (χ0) is 14.8. The Labute approximate surface area is 126 Å². The molecule has 1 saturated heterocycles. The molecule has 2 fully saturated rings. The standard InChI is InChI=1S/C12H18N6O2S/c1-9(19)16-4-6-17(7-5-16)11(20)8-21-12-13-14-15-18(12)10-2-3-10/h10H,2-8H2,1H3. The summed E-state index contributed by atoms with van der Waals surface area (Å²) < 4.78 is 1.81. The average Bonchev–Trinajstić information content (AvgIpc) is 3.23. The van der Waals surface area contributed by atoms with Gasteiger partial charge in [0.1, 0.15) is 0 Å². The molecule has 0 bridgehead atoms. The van der Waals surface area contributed by atoms with Gasteiger partial charge in [-0.25, -0.2) is 4.68 Å². The number of hydrogen-bond acceptors (Lipinski definition) is 6. The topological polar surface area (TPSA) is 84.2 Å². The van der Waals surface area contributed by atoms with Crippen molar-refractivity contribution in [2.45, 2.75) is 31.0 Å². The number of hydrogen-bond donors (Lipinski definition) is 0. The van der Waals surface area contributed by atoms with E-state index in [4.69, 9.17) is 0 Å². The van der Waals surface area contributed by atoms with E-state index in [1.807, 2.05) is 4.68 Å². The number of rotatable bonds is 4. The van der Waals surface area contributed by atoms with Crippen LogP contribution in [0.2, 0.25) is 0 Å². The van der Waals surface area contributed by atoms with Crippen LogP contribution in [0.25, 0.3) is 0 Å². The first-order valence-corrected chi connectivity index (χ1v) is 8.07. The van der Waals surface area contributed by atoms with Crippen LogP contribution < -0.4 is 0 Å². The van der Waals surface area contributed by atoms with Gasteiger partial charge in [0.15, 0.2) is 0 Å². The van der Waals surface area contributed by atoms with Gasteiger partial charge in [-0.1, -0.05) is 11.8 Å². The number of thioether (sulfide) groups is 1. The highest BCUT2D eigenvalue weighted by atomic mass is 32.2. The van der Waals surface area contributed by atoms with Crippen molar-refractivity contribution in [2.24, 2.45) is 0 Å². The summed E-state index contributed by atoms with van der Waals surface area (Å²) in [5.41, 5.74) is 0. The van der Waals surface area contributed by atoms with Gasteiger partial charge in [0, 0.05) is 33.1 Å². The second kappa shape index (κ2) is 6.00. The molecule has 1 aliphatic carbocycles. The number of carbonyl (C=O) groups is 2. The molecule has 0 atom stereocenters. The van der Waals surface area contributed by atoms with Crippen LogP contribution in [0, 0.1) is 0 Å². The van der Waals surface area contributed by atoms with Crippen LogP contribution in [-0.4, -0.2) is 73.8 Å². The van der Waals surface area contributed by atoms with Crippen molar-refractivity contribution in [3.05, 3.63) is 0 Å². The highest BCUT2D eigenvalue weighted by molar-refractivity contribution is 7.99. The van der Waals surface area contributed by atoms with Crippen LogP contribution in [-0.2, 0) is 9.59 Å². The average molecular weight is 310 g/mol. The lowest BCUT2D eigenvalue weighted by Gasteiger charge is -2.34. The predicted molar refractivity (Wildman–Crippen MR) is 75.6 cm³/mol. The summed E-state index contributed by atoms with van der Waals surface area (Å²) in [4.78, 5) is 27.0. The number of carbonyl (C=O) groups excluding carboxylic acids is 2. The van der Waals surface area contributed by atoms with Gasteiger partial charge in [0.25, 0.3) is 0 Å². The summed E-state index contributed by atoms with van der Waals surface area (Å²) in [5, 5.41) is 12.3. The summed E-state index contributed by atoms with van der Waals surface area (Å²) in [5.74, 6) is 0.487. The van der Waals surface area contributed by atoms with Crippen LogP contribution >= 0.6 is 11.8 Å². The van der Waals surface area contributed by atoms with Crippen LogP contribution in [0.3, 0.4) is 0 Å². The summed E-state index contributed by atoms with van der Waals surface area (Å²) in [7, 11) is 0. The Bertz CT molecular complexity index is 536. The summed E-state index contributed by atoms with van der Waals surface area (Å²) in [6.07, 6.45) is 2.22. The van der Waals surface area contributed by atoms with Crippen LogP contribution in [0.5, 0.6) is 0 Å². The van der Waals surface area contributed by atoms with E-state index in [1.165, 1.54) is 11.8 Å². The lowest BCUT2D eigenvalue weighted by molar-refractivity contribution is -0.136. The molecule has 0 N–H and O–H groups in total. The van der Waals surface area contributed by atoms with E-state index in [1.54, 1.807) is 16.7 Å². The molecule has 0 spiro atoms. The van der Waals surface area contributed by atoms with Crippen molar-refractivity contribution in [1.29, 1.82) is 0 Å². The second-order valence-electron chi connectivity index (χ2n) is 5.31. The minimum Gasteiger partial charge on any atom is -0.339 e. The molecule has 8 nitrogen and oxygen atoms in total. The highest BCUT2D eigenvalue weighted by Gasteiger charge is 2.28. The Morgan fingerprint density at radius 3 is 2.48 bits per heavy atom. The molecule has 1 saturated carbocycles. The molecular weight excluding hydrogens is 292 g/mol. The van der Waals surface area contributed by atoms with Gasteiger partial charge in [-0.3, -0.25) is 9.59 Å². The fourth-order valence-corrected chi connectivity index (χ4v) is 3.16. The molecule has 0 radical (unpaired) electrons. The maximum Gasteiger partial charge on any atom is 0.233 e. The minimum absolute atomic E-state index is 0.0695. The SMILES string of the molecule is CC(=O)N1CCN(C(=O)CSc2nnnn2C2CC2)CC1. The summed E-state index contributed by atoms with van der Waals surface area (Å²) in [6.45, 7) is 4.00. The fourth-order valence-electron chi connectivity index (χ4n) is 2.32. The first-order valence-electron chi connectivity index (χ1n) is 7.09. The van der Waals surface area contributed by atoms with Gasteiger partial charge in [0.05, 0.1) is 11.8 Å². The number of aromatic nitrogens is 4. The quantitative estimate of drug-likeness (QED) is 0.716. The van der Waals surface area contributed by atoms with Crippen molar-refractivity contribution in [1.82, 2.24) is 30.0 Å². The molecule has 1 aromatic heterocycles. The lowest BCUT2D eigenvalue weighted by atomic mass is 10.3. The largest absolute Gasteiger partial charge is 0.339 e. The van der Waals surface area contributed by atoms with Gasteiger partial charge >= 0.3 is 0 Å². The third-order valence-electron chi connectivity index (χ3n) is 3.76. The van der Waals surface area contributed by atoms with Crippen molar-refractivity contribution in [3.63, 3.8) is 0 Å². The van der Waals surface area contributed by atoms with Gasteiger partial charge in [0.2, 0.25) is 17.0 Å². The Morgan fingerprint density at radius 1 is 1.19 bits per heavy atom. The van der Waals surface area contributed by atoms with Gasteiger partial charge in [-0.2, -0.15) is 0 Å². The van der Waals surface area contributed by atoms with E-state index in [0.717, 1.165) is 12.8 Å². The molecule has 2 aliphatic rings. The summed E-state index contributed by atoms with van der Waals surface area (Å²) in [6, 6.07) is 0.414. The molecule has 0 unspecified atom stereocenters. The number of piperazine rings is 1. The van der Waals surface area contributed by atoms with Crippen LogP contribution in [0.4, 0.5) is 0 Å². The second-order valence-corrected chi connectivity index (χ2v) is 6.26. The number of amides is 2. The Hall–Kier alpha value is -1.64. The maximum absolute atomic E-state index is 12.2. The van der Waals surface area contributed by atoms with Crippen LogP contribution in [0.1, 0.15) is 25.8 Å². The van der Waals surface area contributed by atoms with Crippen molar-refractivity contribution < 1.29 is 9.59 Å². The Balaban J connectivity index is 1.48. The zero-order valence-corrected chi connectivity index (χ0v) is 12.8. The molecular formula is C12H18N6O2S. The normalized spacial score (nSPS) is 18.9. The third-order valence-corrected chi connectivity index (χ3v) is 4.68. The van der Waals surface area contributed by atoms with E-state index in [-0.39, 0.29) is 11.8 Å². The van der Waals surface area contributed by atoms with E-state index < -0.39 is 0 Å². The van der Waals surface area contributed by atoms with Crippen molar-refractivity contribution in [2.75, 3.05) is 31.9 Å². The van der Waals surface area contributed by atoms with Gasteiger partial charge in [-0.05, 0) is 23.3 Å². The van der Waals surface area contributed by atoms with E-state index in [9.17, 15) is 9.59 Å².